The molecule has 1 amide bonds. The Labute approximate surface area is 208 Å². The summed E-state index contributed by atoms with van der Waals surface area (Å²) in [5, 5.41) is 11.2. The lowest BCUT2D eigenvalue weighted by Gasteiger charge is -2.30. The van der Waals surface area contributed by atoms with Gasteiger partial charge in [-0.15, -0.1) is 0 Å². The molecule has 0 aromatic heterocycles. The van der Waals surface area contributed by atoms with Crippen molar-refractivity contribution >= 4 is 23.2 Å². The van der Waals surface area contributed by atoms with Crippen molar-refractivity contribution in [3.8, 4) is 17.2 Å². The highest BCUT2D eigenvalue weighted by atomic mass is 35.5. The first-order valence-corrected chi connectivity index (χ1v) is 11.9. The van der Waals surface area contributed by atoms with E-state index in [4.69, 9.17) is 21.1 Å². The van der Waals surface area contributed by atoms with Crippen LogP contribution in [0.2, 0.25) is 5.02 Å². The summed E-state index contributed by atoms with van der Waals surface area (Å²) in [7, 11) is 0. The number of rotatable bonds is 4. The summed E-state index contributed by atoms with van der Waals surface area (Å²) in [6, 6.07) is 28.8. The summed E-state index contributed by atoms with van der Waals surface area (Å²) in [4.78, 5) is 16.2. The molecule has 0 radical (unpaired) electrons. The van der Waals surface area contributed by atoms with Gasteiger partial charge in [-0.05, 0) is 22.8 Å². The maximum absolute atomic E-state index is 14.4. The fourth-order valence-corrected chi connectivity index (χ4v) is 5.29. The van der Waals surface area contributed by atoms with Crippen molar-refractivity contribution < 1.29 is 19.4 Å². The average Bonchev–Trinajstić information content (AvgIpc) is 3.18. The highest BCUT2D eigenvalue weighted by Crippen LogP contribution is 2.54. The third kappa shape index (κ3) is 3.51. The molecule has 1 atom stereocenters. The van der Waals surface area contributed by atoms with Crippen molar-refractivity contribution in [1.82, 2.24) is 0 Å². The normalized spacial score (nSPS) is 16.5. The van der Waals surface area contributed by atoms with Gasteiger partial charge in [0.15, 0.2) is 11.5 Å². The van der Waals surface area contributed by atoms with Crippen molar-refractivity contribution in [1.29, 1.82) is 0 Å². The van der Waals surface area contributed by atoms with E-state index >= 15 is 0 Å². The molecule has 5 nitrogen and oxygen atoms in total. The molecule has 0 saturated carbocycles. The van der Waals surface area contributed by atoms with Crippen LogP contribution in [0.4, 0.5) is 5.69 Å². The van der Waals surface area contributed by atoms with Crippen LogP contribution in [0.3, 0.4) is 0 Å². The van der Waals surface area contributed by atoms with Gasteiger partial charge < -0.3 is 14.6 Å². The maximum atomic E-state index is 14.4. The number of ether oxygens (including phenoxy) is 2. The van der Waals surface area contributed by atoms with E-state index in [1.807, 2.05) is 89.8 Å². The van der Waals surface area contributed by atoms with Gasteiger partial charge in [-0.3, -0.25) is 9.69 Å². The SMILES string of the molecule is O=C1C(c2c(O)c(Cl)cc3c2OCCO3)c2ccccc2N1C(c1ccccc1)c1ccccc1. The minimum absolute atomic E-state index is 0.121. The molecule has 4 aromatic carbocycles. The van der Waals surface area contributed by atoms with Gasteiger partial charge in [0.2, 0.25) is 5.91 Å². The van der Waals surface area contributed by atoms with E-state index in [0.717, 1.165) is 22.4 Å². The smallest absolute Gasteiger partial charge is 0.240 e. The zero-order chi connectivity index (χ0) is 23.9. The number of benzene rings is 4. The minimum atomic E-state index is -0.796. The molecule has 4 aromatic rings. The summed E-state index contributed by atoms with van der Waals surface area (Å²) in [5.74, 6) is -0.334. The Bertz CT molecular complexity index is 1370. The van der Waals surface area contributed by atoms with E-state index in [1.165, 1.54) is 6.07 Å². The number of anilines is 1. The number of hydrogen-bond donors (Lipinski definition) is 1. The summed E-state index contributed by atoms with van der Waals surface area (Å²) < 4.78 is 11.7. The monoisotopic (exact) mass is 483 g/mol. The first kappa shape index (κ1) is 21.6. The van der Waals surface area contributed by atoms with Gasteiger partial charge >= 0.3 is 0 Å². The molecule has 0 saturated heterocycles. The molecule has 1 unspecified atom stereocenters. The molecule has 0 aliphatic carbocycles. The number of halogens is 1. The van der Waals surface area contributed by atoms with E-state index in [-0.39, 0.29) is 22.7 Å². The molecule has 35 heavy (non-hydrogen) atoms. The van der Waals surface area contributed by atoms with Gasteiger partial charge in [-0.2, -0.15) is 0 Å². The molecular weight excluding hydrogens is 462 g/mol. The van der Waals surface area contributed by atoms with Gasteiger partial charge in [-0.25, -0.2) is 0 Å². The van der Waals surface area contributed by atoms with Crippen LogP contribution in [0.25, 0.3) is 0 Å². The predicted octanol–water partition coefficient (Wildman–Crippen LogP) is 6.08. The highest BCUT2D eigenvalue weighted by Gasteiger charge is 2.45. The van der Waals surface area contributed by atoms with Crippen molar-refractivity contribution in [3.05, 3.63) is 118 Å². The average molecular weight is 484 g/mol. The molecule has 2 heterocycles. The largest absolute Gasteiger partial charge is 0.506 e. The molecule has 174 valence electrons. The third-order valence-electron chi connectivity index (χ3n) is 6.56. The van der Waals surface area contributed by atoms with Crippen LogP contribution in [0.1, 0.15) is 34.2 Å². The molecule has 0 bridgehead atoms. The standard InChI is InChI=1S/C29H22ClNO4/c30-21-17-23-28(35-16-15-34-23)25(27(21)32)24-20-13-7-8-14-22(20)31(29(24)33)26(18-9-3-1-4-10-18)19-11-5-2-6-12-19/h1-14,17,24,26,32H,15-16H2. The summed E-state index contributed by atoms with van der Waals surface area (Å²) in [6.07, 6.45) is 0. The van der Waals surface area contributed by atoms with Crippen LogP contribution in [0, 0.1) is 0 Å². The lowest BCUT2D eigenvalue weighted by atomic mass is 9.90. The Morgan fingerprint density at radius 1 is 0.857 bits per heavy atom. The van der Waals surface area contributed by atoms with E-state index in [9.17, 15) is 9.90 Å². The number of aromatic hydroxyl groups is 1. The van der Waals surface area contributed by atoms with Crippen molar-refractivity contribution in [2.24, 2.45) is 0 Å². The first-order chi connectivity index (χ1) is 17.1. The molecule has 0 spiro atoms. The Balaban J connectivity index is 1.57. The van der Waals surface area contributed by atoms with Crippen molar-refractivity contribution in [2.45, 2.75) is 12.0 Å². The molecule has 2 aliphatic rings. The second kappa shape index (κ2) is 8.67. The lowest BCUT2D eigenvalue weighted by Crippen LogP contribution is -2.34. The number of amides is 1. The van der Waals surface area contributed by atoms with Crippen LogP contribution in [-0.2, 0) is 4.79 Å². The fourth-order valence-electron chi connectivity index (χ4n) is 5.09. The fraction of sp³-hybridized carbons (Fsp3) is 0.138. The highest BCUT2D eigenvalue weighted by molar-refractivity contribution is 6.32. The molecule has 0 fully saturated rings. The second-order valence-electron chi connectivity index (χ2n) is 8.57. The first-order valence-electron chi connectivity index (χ1n) is 11.5. The summed E-state index contributed by atoms with van der Waals surface area (Å²) >= 11 is 6.38. The number of para-hydroxylation sites is 1. The van der Waals surface area contributed by atoms with E-state index in [2.05, 4.69) is 0 Å². The number of carbonyl (C=O) groups excluding carboxylic acids is 1. The van der Waals surface area contributed by atoms with E-state index in [1.54, 1.807) is 0 Å². The Kier molecular flexibility index (Phi) is 5.34. The number of carbonyl (C=O) groups is 1. The van der Waals surface area contributed by atoms with Crippen molar-refractivity contribution in [2.75, 3.05) is 18.1 Å². The number of hydrogen-bond acceptors (Lipinski definition) is 4. The molecule has 6 rings (SSSR count). The number of phenols is 1. The molecule has 1 N–H and O–H groups in total. The molecule has 6 heteroatoms. The topological polar surface area (TPSA) is 59.0 Å². The van der Waals surface area contributed by atoms with Gasteiger partial charge in [0, 0.05) is 11.8 Å². The van der Waals surface area contributed by atoms with Crippen LogP contribution < -0.4 is 14.4 Å². The predicted molar refractivity (Wildman–Crippen MR) is 135 cm³/mol. The summed E-state index contributed by atoms with van der Waals surface area (Å²) in [6.45, 7) is 0.697. The maximum Gasteiger partial charge on any atom is 0.240 e. The molecule has 2 aliphatic heterocycles. The van der Waals surface area contributed by atoms with Crippen LogP contribution in [0.5, 0.6) is 17.2 Å². The van der Waals surface area contributed by atoms with Crippen LogP contribution >= 0.6 is 11.6 Å². The molecular formula is C29H22ClNO4. The Morgan fingerprint density at radius 2 is 1.46 bits per heavy atom. The lowest BCUT2D eigenvalue weighted by molar-refractivity contribution is -0.118. The van der Waals surface area contributed by atoms with Crippen LogP contribution in [0.15, 0.2) is 91.0 Å². The Morgan fingerprint density at radius 3 is 2.14 bits per heavy atom. The zero-order valence-electron chi connectivity index (χ0n) is 18.7. The third-order valence-corrected chi connectivity index (χ3v) is 6.85. The summed E-state index contributed by atoms with van der Waals surface area (Å²) in [5.41, 5.74) is 3.87. The number of phenolic OH excluding ortho intramolecular Hbond substituents is 1. The van der Waals surface area contributed by atoms with Gasteiger partial charge in [-0.1, -0.05) is 90.5 Å². The number of nitrogens with zero attached hydrogens (tertiary/aromatic N) is 1. The second-order valence-corrected chi connectivity index (χ2v) is 8.98. The van der Waals surface area contributed by atoms with Gasteiger partial charge in [0.05, 0.1) is 22.5 Å². The van der Waals surface area contributed by atoms with Crippen molar-refractivity contribution in [3.63, 3.8) is 0 Å². The number of fused-ring (bicyclic) bond motifs is 2. The van der Waals surface area contributed by atoms with E-state index < -0.39 is 5.92 Å². The van der Waals surface area contributed by atoms with E-state index in [0.29, 0.717) is 30.3 Å². The van der Waals surface area contributed by atoms with Gasteiger partial charge in [0.25, 0.3) is 0 Å². The van der Waals surface area contributed by atoms with Gasteiger partial charge in [0.1, 0.15) is 19.0 Å². The van der Waals surface area contributed by atoms with Crippen LogP contribution in [-0.4, -0.2) is 24.2 Å². The Hall–Kier alpha value is -3.96. The quantitative estimate of drug-likeness (QED) is 0.382. The zero-order valence-corrected chi connectivity index (χ0v) is 19.5. The minimum Gasteiger partial charge on any atom is -0.506 e.